The van der Waals surface area contributed by atoms with Crippen molar-refractivity contribution in [1.29, 1.82) is 0 Å². The molecule has 20 heavy (non-hydrogen) atoms. The Morgan fingerprint density at radius 1 is 1.15 bits per heavy atom. The predicted octanol–water partition coefficient (Wildman–Crippen LogP) is 2.66. The molecule has 0 aromatic heterocycles. The SMILES string of the molecule is CC(C)C1CCC(O)C(CN(CCCO)C2CCC2)C1. The van der Waals surface area contributed by atoms with Gasteiger partial charge in [0.1, 0.15) is 0 Å². The lowest BCUT2D eigenvalue weighted by molar-refractivity contribution is 0.000435. The van der Waals surface area contributed by atoms with Gasteiger partial charge in [-0.3, -0.25) is 4.90 Å². The van der Waals surface area contributed by atoms with Crippen LogP contribution in [-0.2, 0) is 0 Å². The van der Waals surface area contributed by atoms with Gasteiger partial charge in [0.15, 0.2) is 0 Å². The molecule has 3 unspecified atom stereocenters. The van der Waals surface area contributed by atoms with Gasteiger partial charge in [-0.1, -0.05) is 20.3 Å². The standard InChI is InChI=1S/C17H33NO2/c1-13(2)14-7-8-17(20)15(11-14)12-18(9-4-10-19)16-5-3-6-16/h13-17,19-20H,3-12H2,1-2H3. The van der Waals surface area contributed by atoms with Crippen LogP contribution in [0.5, 0.6) is 0 Å². The third kappa shape index (κ3) is 4.19. The molecule has 3 nitrogen and oxygen atoms in total. The molecule has 0 spiro atoms. The molecule has 118 valence electrons. The highest BCUT2D eigenvalue weighted by Crippen LogP contribution is 2.35. The average Bonchev–Trinajstić information content (AvgIpc) is 2.36. The molecule has 2 fully saturated rings. The maximum atomic E-state index is 10.3. The second kappa shape index (κ2) is 7.77. The fourth-order valence-corrected chi connectivity index (χ4v) is 3.84. The monoisotopic (exact) mass is 283 g/mol. The number of aliphatic hydroxyl groups is 2. The number of nitrogens with zero attached hydrogens (tertiary/aromatic N) is 1. The van der Waals surface area contributed by atoms with Gasteiger partial charge in [0.05, 0.1) is 6.10 Å². The van der Waals surface area contributed by atoms with E-state index in [1.165, 1.54) is 32.1 Å². The number of hydrogen-bond acceptors (Lipinski definition) is 3. The van der Waals surface area contributed by atoms with Gasteiger partial charge in [-0.15, -0.1) is 0 Å². The van der Waals surface area contributed by atoms with Crippen molar-refractivity contribution in [2.75, 3.05) is 19.7 Å². The van der Waals surface area contributed by atoms with E-state index in [1.807, 2.05) is 0 Å². The minimum Gasteiger partial charge on any atom is -0.396 e. The molecule has 2 rings (SSSR count). The van der Waals surface area contributed by atoms with E-state index in [2.05, 4.69) is 18.7 Å². The van der Waals surface area contributed by atoms with Crippen molar-refractivity contribution in [3.8, 4) is 0 Å². The van der Waals surface area contributed by atoms with E-state index in [-0.39, 0.29) is 12.7 Å². The normalized spacial score (nSPS) is 31.8. The maximum Gasteiger partial charge on any atom is 0.0580 e. The Labute approximate surface area is 124 Å². The lowest BCUT2D eigenvalue weighted by Gasteiger charge is -2.43. The van der Waals surface area contributed by atoms with Gasteiger partial charge >= 0.3 is 0 Å². The van der Waals surface area contributed by atoms with Gasteiger partial charge in [-0.05, 0) is 56.3 Å². The van der Waals surface area contributed by atoms with Crippen LogP contribution < -0.4 is 0 Å². The minimum absolute atomic E-state index is 0.110. The first kappa shape index (κ1) is 16.3. The molecular formula is C17H33NO2. The van der Waals surface area contributed by atoms with E-state index in [0.717, 1.165) is 37.8 Å². The molecule has 0 aliphatic heterocycles. The number of rotatable bonds is 7. The summed E-state index contributed by atoms with van der Waals surface area (Å²) in [5.74, 6) is 1.96. The van der Waals surface area contributed by atoms with Crippen LogP contribution >= 0.6 is 0 Å². The van der Waals surface area contributed by atoms with Crippen molar-refractivity contribution in [2.45, 2.75) is 70.9 Å². The summed E-state index contributed by atoms with van der Waals surface area (Å²) in [5, 5.41) is 19.4. The molecule has 2 saturated carbocycles. The molecule has 0 saturated heterocycles. The van der Waals surface area contributed by atoms with Crippen LogP contribution in [0.4, 0.5) is 0 Å². The topological polar surface area (TPSA) is 43.7 Å². The summed E-state index contributed by atoms with van der Waals surface area (Å²) in [6.45, 7) is 6.95. The van der Waals surface area contributed by atoms with E-state index in [0.29, 0.717) is 12.0 Å². The van der Waals surface area contributed by atoms with Gasteiger partial charge in [0.2, 0.25) is 0 Å². The van der Waals surface area contributed by atoms with Crippen LogP contribution in [0.1, 0.15) is 58.8 Å². The molecular weight excluding hydrogens is 250 g/mol. The largest absolute Gasteiger partial charge is 0.396 e. The van der Waals surface area contributed by atoms with Crippen molar-refractivity contribution < 1.29 is 10.2 Å². The van der Waals surface area contributed by atoms with Gasteiger partial charge in [0, 0.05) is 25.7 Å². The zero-order valence-electron chi connectivity index (χ0n) is 13.3. The highest BCUT2D eigenvalue weighted by atomic mass is 16.3. The molecule has 0 aromatic rings. The Hall–Kier alpha value is -0.120. The zero-order chi connectivity index (χ0) is 14.5. The van der Waals surface area contributed by atoms with Crippen LogP contribution in [0.15, 0.2) is 0 Å². The third-order valence-corrected chi connectivity index (χ3v) is 5.59. The molecule has 0 aromatic carbocycles. The summed E-state index contributed by atoms with van der Waals surface area (Å²) in [7, 11) is 0. The molecule has 2 N–H and O–H groups in total. The van der Waals surface area contributed by atoms with E-state index in [4.69, 9.17) is 5.11 Å². The summed E-state index contributed by atoms with van der Waals surface area (Å²) in [6.07, 6.45) is 8.07. The molecule has 0 radical (unpaired) electrons. The molecule has 2 aliphatic rings. The zero-order valence-corrected chi connectivity index (χ0v) is 13.3. The molecule has 0 heterocycles. The van der Waals surface area contributed by atoms with E-state index >= 15 is 0 Å². The van der Waals surface area contributed by atoms with Crippen LogP contribution in [0.25, 0.3) is 0 Å². The van der Waals surface area contributed by atoms with Gasteiger partial charge in [-0.2, -0.15) is 0 Å². The van der Waals surface area contributed by atoms with E-state index in [9.17, 15) is 5.11 Å². The smallest absolute Gasteiger partial charge is 0.0580 e. The van der Waals surface area contributed by atoms with Gasteiger partial charge < -0.3 is 10.2 Å². The Kier molecular flexibility index (Phi) is 6.31. The van der Waals surface area contributed by atoms with Crippen LogP contribution in [0.2, 0.25) is 0 Å². The molecule has 3 atom stereocenters. The Balaban J connectivity index is 1.89. The first-order valence-electron chi connectivity index (χ1n) is 8.64. The minimum atomic E-state index is -0.110. The van der Waals surface area contributed by atoms with Gasteiger partial charge in [-0.25, -0.2) is 0 Å². The lowest BCUT2D eigenvalue weighted by Crippen LogP contribution is -2.47. The quantitative estimate of drug-likeness (QED) is 0.755. The van der Waals surface area contributed by atoms with Crippen molar-refractivity contribution in [3.05, 3.63) is 0 Å². The summed E-state index contributed by atoms with van der Waals surface area (Å²) in [4.78, 5) is 2.55. The fraction of sp³-hybridized carbons (Fsp3) is 1.00. The highest BCUT2D eigenvalue weighted by molar-refractivity contribution is 4.87. The number of aliphatic hydroxyl groups excluding tert-OH is 2. The second-order valence-corrected chi connectivity index (χ2v) is 7.30. The molecule has 0 bridgehead atoms. The van der Waals surface area contributed by atoms with Gasteiger partial charge in [0.25, 0.3) is 0 Å². The van der Waals surface area contributed by atoms with Crippen molar-refractivity contribution in [2.24, 2.45) is 17.8 Å². The Morgan fingerprint density at radius 2 is 1.90 bits per heavy atom. The average molecular weight is 283 g/mol. The van der Waals surface area contributed by atoms with E-state index < -0.39 is 0 Å². The summed E-state index contributed by atoms with van der Waals surface area (Å²) in [6, 6.07) is 0.716. The Bertz CT molecular complexity index is 278. The van der Waals surface area contributed by atoms with Crippen LogP contribution in [-0.4, -0.2) is 47.0 Å². The molecule has 0 amide bonds. The lowest BCUT2D eigenvalue weighted by atomic mass is 9.74. The summed E-state index contributed by atoms with van der Waals surface area (Å²) < 4.78 is 0. The third-order valence-electron chi connectivity index (χ3n) is 5.59. The van der Waals surface area contributed by atoms with Crippen LogP contribution in [0.3, 0.4) is 0 Å². The Morgan fingerprint density at radius 3 is 2.45 bits per heavy atom. The fourth-order valence-electron chi connectivity index (χ4n) is 3.84. The predicted molar refractivity (Wildman–Crippen MR) is 82.6 cm³/mol. The van der Waals surface area contributed by atoms with E-state index in [1.54, 1.807) is 0 Å². The first-order chi connectivity index (χ1) is 9.61. The van der Waals surface area contributed by atoms with Crippen molar-refractivity contribution in [3.63, 3.8) is 0 Å². The van der Waals surface area contributed by atoms with Crippen LogP contribution in [0, 0.1) is 17.8 Å². The first-order valence-corrected chi connectivity index (χ1v) is 8.64. The summed E-state index contributed by atoms with van der Waals surface area (Å²) >= 11 is 0. The second-order valence-electron chi connectivity index (χ2n) is 7.30. The van der Waals surface area contributed by atoms with Crippen molar-refractivity contribution >= 4 is 0 Å². The maximum absolute atomic E-state index is 10.3. The molecule has 2 aliphatic carbocycles. The summed E-state index contributed by atoms with van der Waals surface area (Å²) in [5.41, 5.74) is 0. The molecule has 3 heteroatoms. The van der Waals surface area contributed by atoms with Crippen molar-refractivity contribution in [1.82, 2.24) is 4.90 Å². The number of hydrogen-bond donors (Lipinski definition) is 2. The highest BCUT2D eigenvalue weighted by Gasteiger charge is 2.34.